The quantitative estimate of drug-likeness (QED) is 0.755. The Balaban J connectivity index is 2.24. The molecule has 0 saturated heterocycles. The van der Waals surface area contributed by atoms with E-state index >= 15 is 0 Å². The Bertz CT molecular complexity index is 210. The third kappa shape index (κ3) is 4.12. The van der Waals surface area contributed by atoms with Crippen LogP contribution in [-0.2, 0) is 4.79 Å². The third-order valence-electron chi connectivity index (χ3n) is 3.67. The van der Waals surface area contributed by atoms with Gasteiger partial charge in [0.2, 0.25) is 5.91 Å². The van der Waals surface area contributed by atoms with E-state index in [1.165, 1.54) is 25.7 Å². The van der Waals surface area contributed by atoms with Crippen LogP contribution >= 0.6 is 0 Å². The highest BCUT2D eigenvalue weighted by molar-refractivity contribution is 5.81. The van der Waals surface area contributed by atoms with Crippen molar-refractivity contribution < 1.29 is 4.79 Å². The zero-order valence-electron chi connectivity index (χ0n) is 10.7. The predicted octanol–water partition coefficient (Wildman–Crippen LogP) is 2.20. The minimum atomic E-state index is -0.326. The zero-order chi connectivity index (χ0) is 12.0. The summed E-state index contributed by atoms with van der Waals surface area (Å²) < 4.78 is 0. The standard InChI is InChI=1S/C13H26N2O/c1-3-5-10-6-8-11(9-7-10)15-13(16)12(14)4-2/h10-12H,3-9,14H2,1-2H3,(H,15,16). The molecule has 3 N–H and O–H groups in total. The summed E-state index contributed by atoms with van der Waals surface area (Å²) in [6.45, 7) is 4.19. The molecule has 0 aromatic heterocycles. The highest BCUT2D eigenvalue weighted by atomic mass is 16.2. The number of nitrogens with one attached hydrogen (secondary N) is 1. The molecule has 1 fully saturated rings. The maximum absolute atomic E-state index is 11.6. The van der Waals surface area contributed by atoms with Crippen LogP contribution in [0.1, 0.15) is 58.8 Å². The maximum atomic E-state index is 11.6. The van der Waals surface area contributed by atoms with E-state index < -0.39 is 0 Å². The summed E-state index contributed by atoms with van der Waals surface area (Å²) in [5, 5.41) is 3.07. The molecule has 0 aromatic carbocycles. The third-order valence-corrected chi connectivity index (χ3v) is 3.67. The van der Waals surface area contributed by atoms with Crippen LogP contribution in [0.15, 0.2) is 0 Å². The highest BCUT2D eigenvalue weighted by Crippen LogP contribution is 2.27. The molecule has 0 radical (unpaired) electrons. The molecule has 0 aromatic rings. The first kappa shape index (κ1) is 13.5. The molecular formula is C13H26N2O. The van der Waals surface area contributed by atoms with Crippen molar-refractivity contribution in [1.29, 1.82) is 0 Å². The molecule has 1 aliphatic carbocycles. The molecule has 0 aliphatic heterocycles. The Hall–Kier alpha value is -0.570. The van der Waals surface area contributed by atoms with E-state index in [-0.39, 0.29) is 11.9 Å². The van der Waals surface area contributed by atoms with Gasteiger partial charge >= 0.3 is 0 Å². The normalized spacial score (nSPS) is 27.4. The van der Waals surface area contributed by atoms with Crippen LogP contribution in [0.4, 0.5) is 0 Å². The number of carbonyl (C=O) groups excluding carboxylic acids is 1. The Morgan fingerprint density at radius 1 is 1.31 bits per heavy atom. The summed E-state index contributed by atoms with van der Waals surface area (Å²) in [6, 6.07) is 0.0478. The van der Waals surface area contributed by atoms with E-state index in [2.05, 4.69) is 12.2 Å². The highest BCUT2D eigenvalue weighted by Gasteiger charge is 2.23. The van der Waals surface area contributed by atoms with Crippen LogP contribution in [0.5, 0.6) is 0 Å². The Morgan fingerprint density at radius 2 is 1.94 bits per heavy atom. The van der Waals surface area contributed by atoms with Gasteiger partial charge in [-0.1, -0.05) is 26.7 Å². The van der Waals surface area contributed by atoms with Gasteiger partial charge in [-0.25, -0.2) is 0 Å². The van der Waals surface area contributed by atoms with E-state index in [0.717, 1.165) is 25.2 Å². The molecule has 0 heterocycles. The number of nitrogens with two attached hydrogens (primary N) is 1. The van der Waals surface area contributed by atoms with Crippen LogP contribution < -0.4 is 11.1 Å². The van der Waals surface area contributed by atoms with Crippen molar-refractivity contribution in [1.82, 2.24) is 5.32 Å². The van der Waals surface area contributed by atoms with Gasteiger partial charge in [-0.15, -0.1) is 0 Å². The van der Waals surface area contributed by atoms with E-state index in [9.17, 15) is 4.79 Å². The SMILES string of the molecule is CCCC1CCC(NC(=O)C(N)CC)CC1. The lowest BCUT2D eigenvalue weighted by Crippen LogP contribution is -2.46. The van der Waals surface area contributed by atoms with Gasteiger partial charge in [-0.2, -0.15) is 0 Å². The van der Waals surface area contributed by atoms with Gasteiger partial charge in [0.15, 0.2) is 0 Å². The van der Waals surface area contributed by atoms with Crippen LogP contribution in [0.2, 0.25) is 0 Å². The van der Waals surface area contributed by atoms with Crippen LogP contribution in [0.3, 0.4) is 0 Å². The molecule has 1 aliphatic rings. The molecule has 1 unspecified atom stereocenters. The molecule has 1 amide bonds. The lowest BCUT2D eigenvalue weighted by atomic mass is 9.83. The number of carbonyl (C=O) groups is 1. The molecule has 0 bridgehead atoms. The minimum Gasteiger partial charge on any atom is -0.352 e. The van der Waals surface area contributed by atoms with E-state index in [1.54, 1.807) is 0 Å². The van der Waals surface area contributed by atoms with Crippen molar-refractivity contribution in [2.45, 2.75) is 70.9 Å². The summed E-state index contributed by atoms with van der Waals surface area (Å²) in [6.07, 6.45) is 8.13. The Morgan fingerprint density at radius 3 is 2.44 bits per heavy atom. The number of hydrogen-bond acceptors (Lipinski definition) is 2. The average molecular weight is 226 g/mol. The fraction of sp³-hybridized carbons (Fsp3) is 0.923. The molecule has 1 rings (SSSR count). The van der Waals surface area contributed by atoms with Crippen molar-refractivity contribution in [2.75, 3.05) is 0 Å². The lowest BCUT2D eigenvalue weighted by Gasteiger charge is -2.29. The van der Waals surface area contributed by atoms with Crippen molar-refractivity contribution >= 4 is 5.91 Å². The van der Waals surface area contributed by atoms with Gasteiger partial charge in [0.1, 0.15) is 0 Å². The first-order chi connectivity index (χ1) is 7.67. The van der Waals surface area contributed by atoms with Crippen LogP contribution in [0, 0.1) is 5.92 Å². The molecule has 0 spiro atoms. The zero-order valence-corrected chi connectivity index (χ0v) is 10.7. The molecular weight excluding hydrogens is 200 g/mol. The first-order valence-corrected chi connectivity index (χ1v) is 6.73. The largest absolute Gasteiger partial charge is 0.352 e. The second kappa shape index (κ2) is 6.89. The van der Waals surface area contributed by atoms with Crippen LogP contribution in [-0.4, -0.2) is 18.0 Å². The predicted molar refractivity (Wildman–Crippen MR) is 67.1 cm³/mol. The molecule has 1 atom stereocenters. The fourth-order valence-electron chi connectivity index (χ4n) is 2.50. The number of rotatable bonds is 5. The Kier molecular flexibility index (Phi) is 5.81. The molecule has 3 nitrogen and oxygen atoms in total. The van der Waals surface area contributed by atoms with E-state index in [1.807, 2.05) is 6.92 Å². The maximum Gasteiger partial charge on any atom is 0.237 e. The summed E-state index contributed by atoms with van der Waals surface area (Å²) in [4.78, 5) is 11.6. The minimum absolute atomic E-state index is 0.0291. The molecule has 16 heavy (non-hydrogen) atoms. The van der Waals surface area contributed by atoms with Gasteiger partial charge < -0.3 is 11.1 Å². The van der Waals surface area contributed by atoms with Crippen molar-refractivity contribution in [3.8, 4) is 0 Å². The van der Waals surface area contributed by atoms with Gasteiger partial charge in [-0.05, 0) is 38.0 Å². The second-order valence-electron chi connectivity index (χ2n) is 5.03. The summed E-state index contributed by atoms with van der Waals surface area (Å²) in [7, 11) is 0. The van der Waals surface area contributed by atoms with Crippen molar-refractivity contribution in [3.05, 3.63) is 0 Å². The van der Waals surface area contributed by atoms with E-state index in [0.29, 0.717) is 6.04 Å². The topological polar surface area (TPSA) is 55.1 Å². The van der Waals surface area contributed by atoms with Crippen molar-refractivity contribution in [2.24, 2.45) is 11.7 Å². The summed E-state index contributed by atoms with van der Waals surface area (Å²) >= 11 is 0. The fourth-order valence-corrected chi connectivity index (χ4v) is 2.50. The monoisotopic (exact) mass is 226 g/mol. The molecule has 94 valence electrons. The summed E-state index contributed by atoms with van der Waals surface area (Å²) in [5.74, 6) is 0.916. The van der Waals surface area contributed by atoms with Gasteiger partial charge in [0, 0.05) is 6.04 Å². The van der Waals surface area contributed by atoms with Gasteiger partial charge in [0.05, 0.1) is 6.04 Å². The van der Waals surface area contributed by atoms with E-state index in [4.69, 9.17) is 5.73 Å². The summed E-state index contributed by atoms with van der Waals surface area (Å²) in [5.41, 5.74) is 5.70. The smallest absolute Gasteiger partial charge is 0.237 e. The van der Waals surface area contributed by atoms with Gasteiger partial charge in [-0.3, -0.25) is 4.79 Å². The second-order valence-corrected chi connectivity index (χ2v) is 5.03. The number of hydrogen-bond donors (Lipinski definition) is 2. The number of amides is 1. The molecule has 1 saturated carbocycles. The van der Waals surface area contributed by atoms with Crippen molar-refractivity contribution in [3.63, 3.8) is 0 Å². The average Bonchev–Trinajstić information content (AvgIpc) is 2.31. The van der Waals surface area contributed by atoms with Gasteiger partial charge in [0.25, 0.3) is 0 Å². The lowest BCUT2D eigenvalue weighted by molar-refractivity contribution is -0.123. The molecule has 3 heteroatoms. The Labute approximate surface area is 99.2 Å². The van der Waals surface area contributed by atoms with Crippen LogP contribution in [0.25, 0.3) is 0 Å². The first-order valence-electron chi connectivity index (χ1n) is 6.73.